The fraction of sp³-hybridized carbons (Fsp3) is 0.143. The minimum atomic E-state index is -4.59. The van der Waals surface area contributed by atoms with Crippen molar-refractivity contribution >= 4 is 54.8 Å². The van der Waals surface area contributed by atoms with E-state index in [1.54, 1.807) is 13.8 Å². The molecule has 0 saturated heterocycles. The maximum atomic E-state index is 10.7. The van der Waals surface area contributed by atoms with Crippen molar-refractivity contribution in [2.24, 2.45) is 0 Å². The van der Waals surface area contributed by atoms with Crippen LogP contribution in [0.2, 0.25) is 10.0 Å². The third kappa shape index (κ3) is 7.11. The van der Waals surface area contributed by atoms with Crippen LogP contribution in [-0.4, -0.2) is 25.9 Å². The third-order valence-electron chi connectivity index (χ3n) is 2.93. The van der Waals surface area contributed by atoms with Crippen LogP contribution in [0, 0.1) is 13.8 Å². The van der Waals surface area contributed by atoms with Gasteiger partial charge in [0.25, 0.3) is 0 Å². The quantitative estimate of drug-likeness (QED) is 0.360. The van der Waals surface area contributed by atoms with Crippen molar-refractivity contribution in [3.05, 3.63) is 45.4 Å². The molecule has 13 heteroatoms. The van der Waals surface area contributed by atoms with Crippen LogP contribution < -0.4 is 11.5 Å². The zero-order valence-corrected chi connectivity index (χ0v) is 17.9. The van der Waals surface area contributed by atoms with Gasteiger partial charge in [-0.3, -0.25) is 0 Å². The predicted octanol–water partition coefficient (Wildman–Crippen LogP) is 2.27. The molecule has 0 spiro atoms. The first-order chi connectivity index (χ1) is 11.6. The van der Waals surface area contributed by atoms with E-state index < -0.39 is 30.0 Å². The summed E-state index contributed by atoms with van der Waals surface area (Å²) in [5.74, 6) is 0. The molecule has 2 aromatic rings. The molecule has 27 heavy (non-hydrogen) atoms. The molecule has 4 N–H and O–H groups in total. The van der Waals surface area contributed by atoms with E-state index in [0.717, 1.165) is 0 Å². The van der Waals surface area contributed by atoms with Crippen molar-refractivity contribution in [3.63, 3.8) is 0 Å². The van der Waals surface area contributed by atoms with Gasteiger partial charge in [0.05, 0.1) is 31.2 Å². The molecule has 2 aromatic carbocycles. The summed E-state index contributed by atoms with van der Waals surface area (Å²) in [6.07, 6.45) is 0. The van der Waals surface area contributed by atoms with Gasteiger partial charge in [-0.05, 0) is 49.2 Å². The van der Waals surface area contributed by atoms with E-state index in [1.807, 2.05) is 0 Å². The van der Waals surface area contributed by atoms with E-state index in [0.29, 0.717) is 11.1 Å². The van der Waals surface area contributed by atoms with E-state index >= 15 is 0 Å². The van der Waals surface area contributed by atoms with Crippen molar-refractivity contribution in [1.29, 1.82) is 0 Å². The zero-order chi connectivity index (χ0) is 20.4. The van der Waals surface area contributed by atoms with Crippen LogP contribution in [0.1, 0.15) is 11.1 Å². The molecular formula is C14H14Cl2N2NiO6S2. The first-order valence-corrected chi connectivity index (χ1v) is 10.2. The average Bonchev–Trinajstić information content (AvgIpc) is 2.32. The van der Waals surface area contributed by atoms with Gasteiger partial charge in [0.2, 0.25) is 0 Å². The largest absolute Gasteiger partial charge is 2.00 e. The first-order valence-electron chi connectivity index (χ1n) is 6.67. The molecule has 0 fully saturated rings. The minimum Gasteiger partial charge on any atom is -0.744 e. The number of nitrogen functional groups attached to an aromatic ring is 2. The van der Waals surface area contributed by atoms with Gasteiger partial charge in [-0.2, -0.15) is 0 Å². The Balaban J connectivity index is 0.000000483. The van der Waals surface area contributed by atoms with Gasteiger partial charge < -0.3 is 20.6 Å². The second-order valence-corrected chi connectivity index (χ2v) is 8.69. The normalized spacial score (nSPS) is 11.2. The van der Waals surface area contributed by atoms with Gasteiger partial charge >= 0.3 is 16.5 Å². The van der Waals surface area contributed by atoms with E-state index in [1.165, 1.54) is 24.3 Å². The van der Waals surface area contributed by atoms with Crippen LogP contribution in [0.25, 0.3) is 0 Å². The standard InChI is InChI=1S/2C7H8ClNO3S.Ni/c2*1-4-2-5(8)7(6(9)3-4)13(10,11)12;/h2*2-3H,9H2,1H3,(H,10,11,12);/q;;+2/p-2. The summed E-state index contributed by atoms with van der Waals surface area (Å²) in [6.45, 7) is 3.40. The summed E-state index contributed by atoms with van der Waals surface area (Å²) in [5.41, 5.74) is 11.9. The second kappa shape index (κ2) is 9.42. The number of hydrogen-bond acceptors (Lipinski definition) is 8. The fourth-order valence-corrected chi connectivity index (χ4v) is 4.46. The van der Waals surface area contributed by atoms with Gasteiger partial charge in [-0.15, -0.1) is 0 Å². The number of aryl methyl sites for hydroxylation is 2. The molecule has 0 heterocycles. The van der Waals surface area contributed by atoms with Gasteiger partial charge in [-0.25, -0.2) is 16.8 Å². The SMILES string of the molecule is Cc1cc(N)c(S(=O)(=O)[O-])c(Cl)c1.Cc1cc(N)c(S(=O)(=O)[O-])c(Cl)c1.[Ni+2]. The van der Waals surface area contributed by atoms with E-state index in [4.69, 9.17) is 34.7 Å². The minimum absolute atomic E-state index is 0. The molecule has 0 amide bonds. The molecule has 0 radical (unpaired) electrons. The van der Waals surface area contributed by atoms with Crippen molar-refractivity contribution in [3.8, 4) is 0 Å². The Labute approximate surface area is 177 Å². The fourth-order valence-electron chi connectivity index (χ4n) is 2.04. The maximum Gasteiger partial charge on any atom is 2.00 e. The number of hydrogen-bond donors (Lipinski definition) is 2. The number of benzene rings is 2. The Morgan fingerprint density at radius 1 is 0.741 bits per heavy atom. The van der Waals surface area contributed by atoms with Crippen molar-refractivity contribution in [2.75, 3.05) is 11.5 Å². The summed E-state index contributed by atoms with van der Waals surface area (Å²) in [4.78, 5) is -1.08. The van der Waals surface area contributed by atoms with Crippen molar-refractivity contribution < 1.29 is 42.4 Å². The molecule has 0 atom stereocenters. The molecule has 0 aliphatic heterocycles. The topological polar surface area (TPSA) is 166 Å². The van der Waals surface area contributed by atoms with Crippen molar-refractivity contribution in [1.82, 2.24) is 0 Å². The monoisotopic (exact) mass is 498 g/mol. The molecule has 0 saturated carbocycles. The number of rotatable bonds is 2. The van der Waals surface area contributed by atoms with Crippen LogP contribution in [0.3, 0.4) is 0 Å². The summed E-state index contributed by atoms with van der Waals surface area (Å²) in [6, 6.07) is 5.53. The molecule has 152 valence electrons. The molecule has 2 rings (SSSR count). The van der Waals surface area contributed by atoms with E-state index in [2.05, 4.69) is 0 Å². The predicted molar refractivity (Wildman–Crippen MR) is 97.1 cm³/mol. The van der Waals surface area contributed by atoms with Crippen molar-refractivity contribution in [2.45, 2.75) is 23.6 Å². The molecular weight excluding hydrogens is 486 g/mol. The number of nitrogens with two attached hydrogens (primary N) is 2. The molecule has 0 unspecified atom stereocenters. The first kappa shape index (κ1) is 25.9. The van der Waals surface area contributed by atoms with Gasteiger partial charge in [0, 0.05) is 0 Å². The van der Waals surface area contributed by atoms with Crippen LogP contribution in [-0.2, 0) is 36.7 Å². The Bertz CT molecular complexity index is 928. The summed E-state index contributed by atoms with van der Waals surface area (Å²) >= 11 is 11.1. The van der Waals surface area contributed by atoms with Crippen LogP contribution in [0.15, 0.2) is 34.1 Å². The Hall–Kier alpha value is -1.07. The molecule has 8 nitrogen and oxygen atoms in total. The summed E-state index contributed by atoms with van der Waals surface area (Å²) in [5, 5.41) is -0.264. The third-order valence-corrected chi connectivity index (χ3v) is 5.66. The van der Waals surface area contributed by atoms with Gasteiger partial charge in [0.1, 0.15) is 20.2 Å². The molecule has 0 aliphatic rings. The smallest absolute Gasteiger partial charge is 0.744 e. The zero-order valence-electron chi connectivity index (χ0n) is 13.8. The van der Waals surface area contributed by atoms with Crippen LogP contribution >= 0.6 is 23.2 Å². The number of halogens is 2. The van der Waals surface area contributed by atoms with Gasteiger partial charge in [-0.1, -0.05) is 23.2 Å². The Morgan fingerprint density at radius 3 is 1.19 bits per heavy atom. The van der Waals surface area contributed by atoms with Gasteiger partial charge in [0.15, 0.2) is 0 Å². The maximum absolute atomic E-state index is 10.7. The Morgan fingerprint density at radius 2 is 1.00 bits per heavy atom. The number of anilines is 2. The van der Waals surface area contributed by atoms with Crippen LogP contribution in [0.5, 0.6) is 0 Å². The average molecular weight is 500 g/mol. The van der Waals surface area contributed by atoms with Crippen LogP contribution in [0.4, 0.5) is 11.4 Å². The van der Waals surface area contributed by atoms with E-state index in [9.17, 15) is 25.9 Å². The van der Waals surface area contributed by atoms with E-state index in [-0.39, 0.29) is 37.9 Å². The molecule has 0 aliphatic carbocycles. The molecule has 0 aromatic heterocycles. The summed E-state index contributed by atoms with van der Waals surface area (Å²) < 4.78 is 64.0. The summed E-state index contributed by atoms with van der Waals surface area (Å²) in [7, 11) is -9.18. The second-order valence-electron chi connectivity index (χ2n) is 5.24. The Kier molecular flexibility index (Phi) is 9.05. The molecule has 0 bridgehead atoms.